The van der Waals surface area contributed by atoms with E-state index in [0.29, 0.717) is 17.9 Å². The van der Waals surface area contributed by atoms with Crippen LogP contribution in [0, 0.1) is 31.1 Å². The number of terminal acetylenes is 1. The van der Waals surface area contributed by atoms with Crippen LogP contribution >= 0.6 is 0 Å². The molecular formula is C20H21NO4S. The highest BCUT2D eigenvalue weighted by Gasteiger charge is 2.25. The lowest BCUT2D eigenvalue weighted by Crippen LogP contribution is -2.30. The Kier molecular flexibility index (Phi) is 6.65. The molecule has 26 heavy (non-hydrogen) atoms. The first-order chi connectivity index (χ1) is 12.3. The van der Waals surface area contributed by atoms with E-state index in [1.54, 1.807) is 43.3 Å². The highest BCUT2D eigenvalue weighted by Crippen LogP contribution is 2.19. The molecule has 0 fully saturated rings. The Morgan fingerprint density at radius 3 is 2.54 bits per heavy atom. The quantitative estimate of drug-likeness (QED) is 0.792. The summed E-state index contributed by atoms with van der Waals surface area (Å²) in [5.41, 5.74) is 0.971. The van der Waals surface area contributed by atoms with E-state index < -0.39 is 16.1 Å². The summed E-state index contributed by atoms with van der Waals surface area (Å²) in [4.78, 5) is 0.182. The Morgan fingerprint density at radius 1 is 1.23 bits per heavy atom. The lowest BCUT2D eigenvalue weighted by atomic mass is 10.2. The molecule has 0 saturated carbocycles. The zero-order valence-corrected chi connectivity index (χ0v) is 15.6. The van der Waals surface area contributed by atoms with Crippen LogP contribution in [0.15, 0.2) is 45.7 Å². The van der Waals surface area contributed by atoms with Crippen LogP contribution in [-0.4, -0.2) is 30.5 Å². The van der Waals surface area contributed by atoms with Gasteiger partial charge in [0, 0.05) is 6.42 Å². The number of aryl methyl sites for hydroxylation is 1. The minimum Gasteiger partial charge on any atom is -0.451 e. The molecule has 0 aliphatic carbocycles. The first kappa shape index (κ1) is 19.8. The van der Waals surface area contributed by atoms with Gasteiger partial charge in [-0.05, 0) is 44.0 Å². The van der Waals surface area contributed by atoms with Crippen molar-refractivity contribution in [3.05, 3.63) is 53.5 Å². The van der Waals surface area contributed by atoms with Crippen molar-refractivity contribution in [3.63, 3.8) is 0 Å². The molecule has 2 rings (SSSR count). The zero-order chi connectivity index (χ0) is 19.2. The van der Waals surface area contributed by atoms with E-state index in [1.165, 1.54) is 4.31 Å². The standard InChI is InChI=1S/C20H21NO4S/c1-4-14-21(26(23,24)20-12-8-16(2)9-13-20)15-19-11-10-18(25-19)7-5-6-17(3)22/h1,8-13,17,22H,6,14-15H2,2-3H3. The number of furan rings is 1. The largest absolute Gasteiger partial charge is 0.451 e. The predicted octanol–water partition coefficient (Wildman–Crippen LogP) is 2.53. The van der Waals surface area contributed by atoms with Crippen LogP contribution in [0.5, 0.6) is 0 Å². The van der Waals surface area contributed by atoms with Crippen molar-refractivity contribution in [1.82, 2.24) is 4.31 Å². The normalized spacial score (nSPS) is 12.3. The molecule has 0 aliphatic heterocycles. The third-order valence-electron chi connectivity index (χ3n) is 3.53. The Bertz CT molecular complexity index is 938. The van der Waals surface area contributed by atoms with Gasteiger partial charge in [0.15, 0.2) is 5.76 Å². The molecule has 1 aromatic carbocycles. The molecule has 1 atom stereocenters. The first-order valence-corrected chi connectivity index (χ1v) is 9.53. The van der Waals surface area contributed by atoms with Crippen molar-refractivity contribution < 1.29 is 17.9 Å². The number of sulfonamides is 1. The molecule has 0 saturated heterocycles. The fourth-order valence-corrected chi connectivity index (χ4v) is 3.50. The van der Waals surface area contributed by atoms with Crippen molar-refractivity contribution in [3.8, 4) is 24.2 Å². The van der Waals surface area contributed by atoms with Crippen LogP contribution in [0.4, 0.5) is 0 Å². The van der Waals surface area contributed by atoms with Gasteiger partial charge in [-0.15, -0.1) is 6.42 Å². The molecule has 1 heterocycles. The number of rotatable bonds is 6. The van der Waals surface area contributed by atoms with Gasteiger partial charge in [0.25, 0.3) is 0 Å². The smallest absolute Gasteiger partial charge is 0.244 e. The Labute approximate surface area is 154 Å². The predicted molar refractivity (Wildman–Crippen MR) is 99.5 cm³/mol. The summed E-state index contributed by atoms with van der Waals surface area (Å²) < 4.78 is 32.4. The van der Waals surface area contributed by atoms with Crippen LogP contribution < -0.4 is 0 Å². The Hall–Kier alpha value is -2.51. The summed E-state index contributed by atoms with van der Waals surface area (Å²) in [6.45, 7) is 3.48. The van der Waals surface area contributed by atoms with Crippen LogP contribution in [0.1, 0.15) is 30.4 Å². The molecule has 0 bridgehead atoms. The average molecular weight is 371 g/mol. The molecule has 0 aliphatic rings. The summed E-state index contributed by atoms with van der Waals surface area (Å²) in [5, 5.41) is 9.20. The SMILES string of the molecule is C#CCN(Cc1ccc(C#CCC(C)O)o1)S(=O)(=O)c1ccc(C)cc1. The molecule has 6 heteroatoms. The average Bonchev–Trinajstić information content (AvgIpc) is 3.02. The van der Waals surface area contributed by atoms with Gasteiger partial charge in [-0.2, -0.15) is 4.31 Å². The van der Waals surface area contributed by atoms with Crippen LogP contribution in [0.2, 0.25) is 0 Å². The van der Waals surface area contributed by atoms with Gasteiger partial charge in [0.2, 0.25) is 10.0 Å². The monoisotopic (exact) mass is 371 g/mol. The molecule has 0 radical (unpaired) electrons. The highest BCUT2D eigenvalue weighted by atomic mass is 32.2. The highest BCUT2D eigenvalue weighted by molar-refractivity contribution is 7.89. The van der Waals surface area contributed by atoms with Crippen LogP contribution in [0.3, 0.4) is 0 Å². The van der Waals surface area contributed by atoms with Gasteiger partial charge < -0.3 is 9.52 Å². The fraction of sp³-hybridized carbons (Fsp3) is 0.300. The molecule has 2 aromatic rings. The number of hydrogen-bond donors (Lipinski definition) is 1. The third kappa shape index (κ3) is 5.24. The molecule has 136 valence electrons. The summed E-state index contributed by atoms with van der Waals surface area (Å²) in [7, 11) is -3.74. The van der Waals surface area contributed by atoms with E-state index in [1.807, 2.05) is 6.92 Å². The molecule has 1 unspecified atom stereocenters. The van der Waals surface area contributed by atoms with E-state index in [-0.39, 0.29) is 18.0 Å². The van der Waals surface area contributed by atoms with Gasteiger partial charge in [0.05, 0.1) is 24.1 Å². The van der Waals surface area contributed by atoms with E-state index in [2.05, 4.69) is 17.8 Å². The summed E-state index contributed by atoms with van der Waals surface area (Å²) in [6, 6.07) is 9.93. The van der Waals surface area contributed by atoms with E-state index in [4.69, 9.17) is 10.8 Å². The molecule has 1 aromatic heterocycles. The fourth-order valence-electron chi connectivity index (χ4n) is 2.18. The van der Waals surface area contributed by atoms with Gasteiger partial charge in [0.1, 0.15) is 5.76 Å². The number of hydrogen-bond acceptors (Lipinski definition) is 4. The van der Waals surface area contributed by atoms with Crippen LogP contribution in [-0.2, 0) is 16.6 Å². The number of nitrogens with zero attached hydrogens (tertiary/aromatic N) is 1. The second-order valence-corrected chi connectivity index (χ2v) is 7.85. The molecule has 0 spiro atoms. The van der Waals surface area contributed by atoms with Crippen molar-refractivity contribution in [2.75, 3.05) is 6.54 Å². The van der Waals surface area contributed by atoms with E-state index in [0.717, 1.165) is 5.56 Å². The first-order valence-electron chi connectivity index (χ1n) is 8.09. The van der Waals surface area contributed by atoms with Crippen molar-refractivity contribution in [1.29, 1.82) is 0 Å². The third-order valence-corrected chi connectivity index (χ3v) is 5.34. The van der Waals surface area contributed by atoms with Crippen molar-refractivity contribution in [2.45, 2.75) is 37.8 Å². The molecular weight excluding hydrogens is 350 g/mol. The summed E-state index contributed by atoms with van der Waals surface area (Å²) in [5.74, 6) is 8.82. The lowest BCUT2D eigenvalue weighted by Gasteiger charge is -2.18. The van der Waals surface area contributed by atoms with Crippen molar-refractivity contribution >= 4 is 10.0 Å². The second-order valence-electron chi connectivity index (χ2n) is 5.91. The van der Waals surface area contributed by atoms with Gasteiger partial charge in [-0.25, -0.2) is 8.42 Å². The lowest BCUT2D eigenvalue weighted by molar-refractivity contribution is 0.201. The topological polar surface area (TPSA) is 70.8 Å². The molecule has 1 N–H and O–H groups in total. The van der Waals surface area contributed by atoms with Crippen molar-refractivity contribution in [2.24, 2.45) is 0 Å². The van der Waals surface area contributed by atoms with E-state index >= 15 is 0 Å². The van der Waals surface area contributed by atoms with Gasteiger partial charge >= 0.3 is 0 Å². The van der Waals surface area contributed by atoms with Gasteiger partial charge in [-0.1, -0.05) is 29.5 Å². The minimum absolute atomic E-state index is 0.0124. The maximum absolute atomic E-state index is 12.8. The Balaban J connectivity index is 2.20. The maximum atomic E-state index is 12.8. The maximum Gasteiger partial charge on any atom is 0.244 e. The van der Waals surface area contributed by atoms with Gasteiger partial charge in [-0.3, -0.25) is 0 Å². The molecule has 0 amide bonds. The molecule has 5 nitrogen and oxygen atoms in total. The number of aliphatic hydroxyl groups excluding tert-OH is 1. The van der Waals surface area contributed by atoms with Crippen LogP contribution in [0.25, 0.3) is 0 Å². The minimum atomic E-state index is -3.74. The second kappa shape index (κ2) is 8.73. The number of aliphatic hydroxyl groups is 1. The zero-order valence-electron chi connectivity index (χ0n) is 14.8. The Morgan fingerprint density at radius 2 is 1.92 bits per heavy atom. The number of benzene rings is 1. The van der Waals surface area contributed by atoms with E-state index in [9.17, 15) is 13.5 Å². The summed E-state index contributed by atoms with van der Waals surface area (Å²) >= 11 is 0. The summed E-state index contributed by atoms with van der Waals surface area (Å²) in [6.07, 6.45) is 5.17.